The quantitative estimate of drug-likeness (QED) is 0.142. The number of imidazole rings is 1. The van der Waals surface area contributed by atoms with E-state index in [1.165, 1.54) is 0 Å². The summed E-state index contributed by atoms with van der Waals surface area (Å²) in [7, 11) is -6.81. The summed E-state index contributed by atoms with van der Waals surface area (Å²) in [5.41, 5.74) is 7.18. The molecule has 2 aromatic heterocycles. The van der Waals surface area contributed by atoms with E-state index in [1.807, 2.05) is 0 Å². The van der Waals surface area contributed by atoms with E-state index in [0.29, 0.717) is 16.7 Å². The van der Waals surface area contributed by atoms with Gasteiger partial charge in [-0.2, -0.15) is 9.97 Å². The van der Waals surface area contributed by atoms with Crippen LogP contribution < -0.4 is 5.73 Å². The molecule has 13 heteroatoms. The summed E-state index contributed by atoms with van der Waals surface area (Å²) in [5.74, 6) is -0.901. The van der Waals surface area contributed by atoms with Crippen LogP contribution in [0.4, 0.5) is 5.95 Å². The van der Waals surface area contributed by atoms with Gasteiger partial charge in [-0.15, -0.1) is 0 Å². The lowest BCUT2D eigenvalue weighted by atomic mass is 9.95. The molecule has 0 radical (unpaired) electrons. The van der Waals surface area contributed by atoms with E-state index in [-0.39, 0.29) is 29.4 Å². The summed E-state index contributed by atoms with van der Waals surface area (Å²) in [6.07, 6.45) is 1.57. The van der Waals surface area contributed by atoms with E-state index in [4.69, 9.17) is 26.5 Å². The van der Waals surface area contributed by atoms with Crippen molar-refractivity contribution in [1.82, 2.24) is 19.5 Å². The lowest BCUT2D eigenvalue weighted by molar-refractivity contribution is -0.0544. The van der Waals surface area contributed by atoms with E-state index in [0.717, 1.165) is 0 Å². The molecule has 0 aromatic carbocycles. The first-order chi connectivity index (χ1) is 16.3. The molecule has 10 nitrogen and oxygen atoms in total. The molecule has 2 heterocycles. The van der Waals surface area contributed by atoms with Crippen molar-refractivity contribution in [3.63, 3.8) is 0 Å². The lowest BCUT2D eigenvalue weighted by Gasteiger charge is -2.42. The van der Waals surface area contributed by atoms with Crippen molar-refractivity contribution in [2.45, 2.75) is 78.0 Å². The highest BCUT2D eigenvalue weighted by atomic mass is 35.5. The molecule has 2 aromatic rings. The number of nitrogens with zero attached hydrogens (tertiary/aromatic N) is 4. The maximum atomic E-state index is 12.6. The largest absolute Gasteiger partial charge is 0.414 e. The fourth-order valence-electron chi connectivity index (χ4n) is 4.09. The number of ether oxygens (including phenoxy) is 1. The van der Waals surface area contributed by atoms with Crippen LogP contribution >= 0.6 is 19.2 Å². The second-order valence-electron chi connectivity index (χ2n) is 11.3. The van der Waals surface area contributed by atoms with Crippen molar-refractivity contribution < 1.29 is 23.5 Å². The highest BCUT2D eigenvalue weighted by Gasteiger charge is 2.53. The Morgan fingerprint density at radius 1 is 1.22 bits per heavy atom. The molecule has 36 heavy (non-hydrogen) atoms. The zero-order valence-electron chi connectivity index (χ0n) is 22.7. The Labute approximate surface area is 219 Å². The van der Waals surface area contributed by atoms with Crippen molar-refractivity contribution >= 4 is 44.6 Å². The van der Waals surface area contributed by atoms with Gasteiger partial charge < -0.3 is 29.3 Å². The number of aromatic nitrogens is 4. The average Bonchev–Trinajstić information content (AvgIpc) is 3.10. The molecule has 0 bridgehead atoms. The summed E-state index contributed by atoms with van der Waals surface area (Å²) in [5, 5.41) is -1.58. The molecular formula is C23H41ClN5O5PSi. The second-order valence-corrected chi connectivity index (χ2v) is 18.3. The Morgan fingerprint density at radius 3 is 2.25 bits per heavy atom. The maximum Gasteiger partial charge on any atom is 0.357 e. The van der Waals surface area contributed by atoms with E-state index in [2.05, 4.69) is 55.4 Å². The third-order valence-electron chi connectivity index (χ3n) is 7.21. The van der Waals surface area contributed by atoms with Gasteiger partial charge in [-0.05, 0) is 35.5 Å². The van der Waals surface area contributed by atoms with Crippen LogP contribution in [0.5, 0.6) is 0 Å². The minimum atomic E-state index is -4.64. The molecule has 0 aliphatic rings. The summed E-state index contributed by atoms with van der Waals surface area (Å²) < 4.78 is 27.0. The normalized spacial score (nSPS) is 14.7. The van der Waals surface area contributed by atoms with Gasteiger partial charge in [-0.1, -0.05) is 66.6 Å². The third-order valence-corrected chi connectivity index (χ3v) is 14.0. The van der Waals surface area contributed by atoms with E-state index in [9.17, 15) is 14.4 Å². The fraction of sp³-hybridized carbons (Fsp3) is 0.696. The molecule has 0 saturated heterocycles. The van der Waals surface area contributed by atoms with Crippen molar-refractivity contribution in [3.05, 3.63) is 23.6 Å². The minimum Gasteiger partial charge on any atom is -0.414 e. The van der Waals surface area contributed by atoms with Crippen molar-refractivity contribution in [1.29, 1.82) is 0 Å². The standard InChI is InChI=1S/C23H41ClN5O5PSi/c1-14(2)23(15(3)4,35(30,31)32)33-11-16(5)17(12-34-36(9,10)22(6,7)8)29-13-26-18-19(24)27-21(25)28-20(18)29/h13-15,17H,5,11-12H2,1-4,6-10H3,(H2,25,27,28)(H2,30,31,32). The molecule has 1 unspecified atom stereocenters. The highest BCUT2D eigenvalue weighted by molar-refractivity contribution is 7.53. The van der Waals surface area contributed by atoms with Gasteiger partial charge in [0, 0.05) is 0 Å². The predicted molar refractivity (Wildman–Crippen MR) is 146 cm³/mol. The van der Waals surface area contributed by atoms with Gasteiger partial charge in [0.1, 0.15) is 5.52 Å². The van der Waals surface area contributed by atoms with Crippen molar-refractivity contribution in [2.75, 3.05) is 18.9 Å². The SMILES string of the molecule is C=C(COC(C(C)C)(C(C)C)P(=O)(O)O)C(CO[Si](C)(C)C(C)(C)C)n1cnc2c(Cl)nc(N)nc21. The average molecular weight is 562 g/mol. The molecule has 0 amide bonds. The van der Waals surface area contributed by atoms with E-state index >= 15 is 0 Å². The monoisotopic (exact) mass is 561 g/mol. The van der Waals surface area contributed by atoms with E-state index in [1.54, 1.807) is 38.6 Å². The number of anilines is 1. The number of nitrogen functional groups attached to an aromatic ring is 1. The van der Waals surface area contributed by atoms with Gasteiger partial charge in [0.25, 0.3) is 0 Å². The van der Waals surface area contributed by atoms with Gasteiger partial charge in [0.2, 0.25) is 5.95 Å². The van der Waals surface area contributed by atoms with Gasteiger partial charge >= 0.3 is 7.60 Å². The van der Waals surface area contributed by atoms with Crippen LogP contribution in [-0.2, 0) is 13.7 Å². The van der Waals surface area contributed by atoms with Crippen LogP contribution in [0.1, 0.15) is 54.5 Å². The third kappa shape index (κ3) is 6.04. The summed E-state index contributed by atoms with van der Waals surface area (Å²) in [6, 6.07) is -0.511. The minimum absolute atomic E-state index is 0.000286. The van der Waals surface area contributed by atoms with Crippen molar-refractivity contribution in [3.8, 4) is 0 Å². The summed E-state index contributed by atoms with van der Waals surface area (Å²) in [4.78, 5) is 33.2. The number of halogens is 1. The van der Waals surface area contributed by atoms with E-state index < -0.39 is 39.1 Å². The predicted octanol–water partition coefficient (Wildman–Crippen LogP) is 5.38. The topological polar surface area (TPSA) is 146 Å². The fourth-order valence-corrected chi connectivity index (χ4v) is 6.89. The van der Waals surface area contributed by atoms with Crippen LogP contribution in [0.2, 0.25) is 23.3 Å². The van der Waals surface area contributed by atoms with Crippen LogP contribution in [0, 0.1) is 11.8 Å². The molecular weight excluding hydrogens is 521 g/mol. The van der Waals surface area contributed by atoms with Gasteiger partial charge in [-0.3, -0.25) is 4.57 Å². The lowest BCUT2D eigenvalue weighted by Crippen LogP contribution is -2.44. The smallest absolute Gasteiger partial charge is 0.357 e. The maximum absolute atomic E-state index is 12.6. The Hall–Kier alpha value is -1.33. The summed E-state index contributed by atoms with van der Waals surface area (Å²) in [6.45, 7) is 22.0. The molecule has 0 aliphatic heterocycles. The molecule has 4 N–H and O–H groups in total. The first-order valence-electron chi connectivity index (χ1n) is 11.9. The van der Waals surface area contributed by atoms with Crippen LogP contribution in [0.15, 0.2) is 18.5 Å². The molecule has 0 fully saturated rings. The van der Waals surface area contributed by atoms with Gasteiger partial charge in [0.05, 0.1) is 25.6 Å². The van der Waals surface area contributed by atoms with Crippen molar-refractivity contribution in [2.24, 2.45) is 11.8 Å². The Morgan fingerprint density at radius 2 is 1.78 bits per heavy atom. The number of fused-ring (bicyclic) bond motifs is 1. The number of hydrogen-bond donors (Lipinski definition) is 3. The zero-order valence-corrected chi connectivity index (χ0v) is 25.4. The molecule has 1 atom stereocenters. The van der Waals surface area contributed by atoms with Gasteiger partial charge in [-0.25, -0.2) is 4.98 Å². The van der Waals surface area contributed by atoms with Crippen LogP contribution in [-0.4, -0.2) is 56.2 Å². The summed E-state index contributed by atoms with van der Waals surface area (Å²) >= 11 is 6.25. The molecule has 0 aliphatic carbocycles. The molecule has 2 rings (SSSR count). The van der Waals surface area contributed by atoms with Crippen LogP contribution in [0.25, 0.3) is 11.2 Å². The number of nitrogens with two attached hydrogens (primary N) is 1. The Kier molecular flexibility index (Phi) is 9.27. The van der Waals surface area contributed by atoms with Gasteiger partial charge in [0.15, 0.2) is 24.5 Å². The Balaban J connectivity index is 2.52. The molecule has 204 valence electrons. The first kappa shape index (κ1) is 30.9. The molecule has 0 saturated carbocycles. The Bertz CT molecular complexity index is 1130. The van der Waals surface area contributed by atoms with Crippen LogP contribution in [0.3, 0.4) is 0 Å². The second kappa shape index (κ2) is 10.8. The first-order valence-corrected chi connectivity index (χ1v) is 16.8. The number of rotatable bonds is 11. The molecule has 0 spiro atoms. The number of hydrogen-bond acceptors (Lipinski definition) is 7. The zero-order chi connectivity index (χ0) is 27.9. The highest BCUT2D eigenvalue weighted by Crippen LogP contribution is 2.59.